The van der Waals surface area contributed by atoms with E-state index in [-0.39, 0.29) is 13.1 Å². The predicted octanol–water partition coefficient (Wildman–Crippen LogP) is 0.733. The van der Waals surface area contributed by atoms with Gasteiger partial charge in [0.2, 0.25) is 0 Å². The van der Waals surface area contributed by atoms with Crippen molar-refractivity contribution in [2.45, 2.75) is 6.18 Å². The van der Waals surface area contributed by atoms with Crippen LogP contribution in [0.25, 0.3) is 0 Å². The Morgan fingerprint density at radius 1 is 1.28 bits per heavy atom. The van der Waals surface area contributed by atoms with E-state index in [1.807, 2.05) is 0 Å². The molecule has 0 radical (unpaired) electrons. The average molecular weight is 270 g/mol. The number of alkyl halides is 3. The summed E-state index contributed by atoms with van der Waals surface area (Å²) in [6, 6.07) is 0. The van der Waals surface area contributed by atoms with Crippen LogP contribution in [0.15, 0.2) is 0 Å². The van der Waals surface area contributed by atoms with Crippen LogP contribution in [-0.4, -0.2) is 70.7 Å². The van der Waals surface area contributed by atoms with E-state index in [4.69, 9.17) is 9.47 Å². The number of hydrogen-bond donors (Lipinski definition) is 1. The summed E-state index contributed by atoms with van der Waals surface area (Å²) in [7, 11) is 1.58. The van der Waals surface area contributed by atoms with Crippen molar-refractivity contribution < 1.29 is 22.6 Å². The van der Waals surface area contributed by atoms with Crippen LogP contribution in [0.1, 0.15) is 0 Å². The Kier molecular flexibility index (Phi) is 6.91. The highest BCUT2D eigenvalue weighted by Gasteiger charge is 2.40. The maximum Gasteiger partial charge on any atom is 0.394 e. The van der Waals surface area contributed by atoms with Crippen molar-refractivity contribution in [2.24, 2.45) is 5.92 Å². The summed E-state index contributed by atoms with van der Waals surface area (Å²) < 4.78 is 48.1. The van der Waals surface area contributed by atoms with Crippen LogP contribution in [0, 0.1) is 5.92 Å². The summed E-state index contributed by atoms with van der Waals surface area (Å²) in [5.41, 5.74) is 0. The quantitative estimate of drug-likeness (QED) is 0.722. The smallest absolute Gasteiger partial charge is 0.382 e. The topological polar surface area (TPSA) is 33.7 Å². The van der Waals surface area contributed by atoms with Gasteiger partial charge in [-0.05, 0) is 0 Å². The highest BCUT2D eigenvalue weighted by molar-refractivity contribution is 4.78. The molecule has 1 unspecified atom stereocenters. The number of ether oxygens (including phenoxy) is 2. The highest BCUT2D eigenvalue weighted by Crippen LogP contribution is 2.27. The summed E-state index contributed by atoms with van der Waals surface area (Å²) in [6.45, 7) is 3.21. The second-order valence-electron chi connectivity index (χ2n) is 4.35. The molecule has 1 aliphatic rings. The van der Waals surface area contributed by atoms with Gasteiger partial charge < -0.3 is 14.8 Å². The van der Waals surface area contributed by atoms with E-state index < -0.39 is 12.1 Å². The van der Waals surface area contributed by atoms with Crippen molar-refractivity contribution >= 4 is 0 Å². The van der Waals surface area contributed by atoms with E-state index in [0.29, 0.717) is 39.5 Å². The second kappa shape index (κ2) is 7.93. The van der Waals surface area contributed by atoms with Gasteiger partial charge >= 0.3 is 6.18 Å². The van der Waals surface area contributed by atoms with Gasteiger partial charge in [-0.3, -0.25) is 4.90 Å². The van der Waals surface area contributed by atoms with Gasteiger partial charge in [-0.15, -0.1) is 0 Å². The summed E-state index contributed by atoms with van der Waals surface area (Å²) >= 11 is 0. The molecule has 0 saturated carbocycles. The first-order chi connectivity index (χ1) is 8.54. The number of nitrogens with zero attached hydrogens (tertiary/aromatic N) is 1. The van der Waals surface area contributed by atoms with Crippen LogP contribution in [-0.2, 0) is 9.47 Å². The summed E-state index contributed by atoms with van der Waals surface area (Å²) in [5.74, 6) is -1.29. The highest BCUT2D eigenvalue weighted by atomic mass is 19.4. The minimum absolute atomic E-state index is 0.00450. The van der Waals surface area contributed by atoms with Crippen molar-refractivity contribution in [1.29, 1.82) is 0 Å². The third-order valence-corrected chi connectivity index (χ3v) is 2.92. The summed E-state index contributed by atoms with van der Waals surface area (Å²) in [5, 5.41) is 2.82. The molecule has 1 saturated heterocycles. The van der Waals surface area contributed by atoms with E-state index in [1.165, 1.54) is 0 Å². The lowest BCUT2D eigenvalue weighted by Crippen LogP contribution is -2.39. The number of nitrogens with one attached hydrogen (secondary N) is 1. The SMILES string of the molecule is COCCOCCN1CCNCC(C(F)(F)F)C1. The maximum atomic E-state index is 12.7. The molecule has 0 aromatic carbocycles. The fourth-order valence-corrected chi connectivity index (χ4v) is 1.84. The first-order valence-electron chi connectivity index (χ1n) is 6.10. The molecule has 0 aromatic heterocycles. The van der Waals surface area contributed by atoms with Gasteiger partial charge in [-0.1, -0.05) is 0 Å². The molecule has 0 aromatic rings. The first-order valence-corrected chi connectivity index (χ1v) is 6.10. The van der Waals surface area contributed by atoms with Gasteiger partial charge in [0.25, 0.3) is 0 Å². The molecular formula is C11H21F3N2O2. The van der Waals surface area contributed by atoms with E-state index in [2.05, 4.69) is 5.32 Å². The lowest BCUT2D eigenvalue weighted by atomic mass is 10.1. The molecule has 1 aliphatic heterocycles. The monoisotopic (exact) mass is 270 g/mol. The molecular weight excluding hydrogens is 249 g/mol. The van der Waals surface area contributed by atoms with Gasteiger partial charge in [0, 0.05) is 39.8 Å². The zero-order valence-corrected chi connectivity index (χ0v) is 10.6. The van der Waals surface area contributed by atoms with Crippen molar-refractivity contribution in [2.75, 3.05) is 59.7 Å². The van der Waals surface area contributed by atoms with Crippen LogP contribution in [0.4, 0.5) is 13.2 Å². The molecule has 7 heteroatoms. The van der Waals surface area contributed by atoms with E-state index in [0.717, 1.165) is 0 Å². The van der Waals surface area contributed by atoms with Crippen LogP contribution in [0.2, 0.25) is 0 Å². The molecule has 4 nitrogen and oxygen atoms in total. The zero-order valence-electron chi connectivity index (χ0n) is 10.6. The van der Waals surface area contributed by atoms with Crippen LogP contribution in [0.5, 0.6) is 0 Å². The molecule has 18 heavy (non-hydrogen) atoms. The molecule has 0 bridgehead atoms. The maximum absolute atomic E-state index is 12.7. The van der Waals surface area contributed by atoms with Crippen molar-refractivity contribution in [3.8, 4) is 0 Å². The number of rotatable bonds is 6. The van der Waals surface area contributed by atoms with Gasteiger partial charge in [0.1, 0.15) is 0 Å². The third kappa shape index (κ3) is 5.99. The Hall–Kier alpha value is -0.370. The van der Waals surface area contributed by atoms with E-state index in [9.17, 15) is 13.2 Å². The molecule has 1 atom stereocenters. The molecule has 1 heterocycles. The van der Waals surface area contributed by atoms with Gasteiger partial charge in [-0.25, -0.2) is 0 Å². The molecule has 1 fully saturated rings. The van der Waals surface area contributed by atoms with Crippen LogP contribution in [0.3, 0.4) is 0 Å². The standard InChI is InChI=1S/C11H21F3N2O2/c1-17-6-7-18-5-4-16-3-2-15-8-10(9-16)11(12,13)14/h10,15H,2-9H2,1H3. The number of methoxy groups -OCH3 is 1. The third-order valence-electron chi connectivity index (χ3n) is 2.92. The van der Waals surface area contributed by atoms with Gasteiger partial charge in [0.15, 0.2) is 0 Å². The van der Waals surface area contributed by atoms with Crippen molar-refractivity contribution in [1.82, 2.24) is 10.2 Å². The Morgan fingerprint density at radius 2 is 2.06 bits per heavy atom. The number of hydrogen-bond acceptors (Lipinski definition) is 4. The molecule has 0 spiro atoms. The van der Waals surface area contributed by atoms with E-state index in [1.54, 1.807) is 12.0 Å². The number of halogens is 3. The summed E-state index contributed by atoms with van der Waals surface area (Å²) in [4.78, 5) is 1.80. The largest absolute Gasteiger partial charge is 0.394 e. The minimum Gasteiger partial charge on any atom is -0.382 e. The Bertz CT molecular complexity index is 227. The van der Waals surface area contributed by atoms with Crippen LogP contribution < -0.4 is 5.32 Å². The Balaban J connectivity index is 2.26. The summed E-state index contributed by atoms with van der Waals surface area (Å²) in [6.07, 6.45) is -4.13. The lowest BCUT2D eigenvalue weighted by Gasteiger charge is -2.25. The van der Waals surface area contributed by atoms with Gasteiger partial charge in [0.05, 0.1) is 25.7 Å². The lowest BCUT2D eigenvalue weighted by molar-refractivity contribution is -0.176. The Labute approximate surface area is 105 Å². The normalized spacial score (nSPS) is 23.0. The minimum atomic E-state index is -4.13. The fraction of sp³-hybridized carbons (Fsp3) is 1.00. The molecule has 1 rings (SSSR count). The zero-order chi connectivity index (χ0) is 13.4. The molecule has 108 valence electrons. The first kappa shape index (κ1) is 15.7. The molecule has 0 amide bonds. The molecule has 1 N–H and O–H groups in total. The van der Waals surface area contributed by atoms with Crippen LogP contribution >= 0.6 is 0 Å². The molecule has 0 aliphatic carbocycles. The Morgan fingerprint density at radius 3 is 2.72 bits per heavy atom. The second-order valence-corrected chi connectivity index (χ2v) is 4.35. The van der Waals surface area contributed by atoms with Crippen molar-refractivity contribution in [3.05, 3.63) is 0 Å². The fourth-order valence-electron chi connectivity index (χ4n) is 1.84. The average Bonchev–Trinajstić information content (AvgIpc) is 2.54. The van der Waals surface area contributed by atoms with Gasteiger partial charge in [-0.2, -0.15) is 13.2 Å². The van der Waals surface area contributed by atoms with E-state index >= 15 is 0 Å². The van der Waals surface area contributed by atoms with Crippen molar-refractivity contribution in [3.63, 3.8) is 0 Å². The predicted molar refractivity (Wildman–Crippen MR) is 61.5 cm³/mol.